The summed E-state index contributed by atoms with van der Waals surface area (Å²) in [7, 11) is 0. The van der Waals surface area contributed by atoms with E-state index in [9.17, 15) is 4.79 Å². The normalized spacial score (nSPS) is 10.9. The predicted molar refractivity (Wildman–Crippen MR) is 109 cm³/mol. The molecule has 11 heteroatoms. The summed E-state index contributed by atoms with van der Waals surface area (Å²) in [6.07, 6.45) is 2.25. The van der Waals surface area contributed by atoms with Crippen LogP contribution in [0, 0.1) is 6.92 Å². The summed E-state index contributed by atoms with van der Waals surface area (Å²) >= 11 is 2.78. The zero-order chi connectivity index (χ0) is 20.1. The van der Waals surface area contributed by atoms with Crippen LogP contribution in [0.15, 0.2) is 45.5 Å². The number of hydrogen-bond acceptors (Lipinski definition) is 9. The van der Waals surface area contributed by atoms with Crippen LogP contribution in [0.25, 0.3) is 11.4 Å². The molecule has 0 fully saturated rings. The Morgan fingerprint density at radius 3 is 3.03 bits per heavy atom. The molecule has 4 rings (SSSR count). The third-order valence-corrected chi connectivity index (χ3v) is 5.48. The highest BCUT2D eigenvalue weighted by Crippen LogP contribution is 2.23. The summed E-state index contributed by atoms with van der Waals surface area (Å²) in [5, 5.41) is 16.9. The fraction of sp³-hybridized carbons (Fsp3) is 0.222. The molecule has 0 saturated heterocycles. The van der Waals surface area contributed by atoms with E-state index in [0.29, 0.717) is 34.2 Å². The number of amides is 1. The van der Waals surface area contributed by atoms with Crippen molar-refractivity contribution in [3.05, 3.63) is 53.1 Å². The molecule has 9 nitrogen and oxygen atoms in total. The number of aromatic amines is 1. The maximum absolute atomic E-state index is 11.9. The minimum atomic E-state index is -0.140. The molecule has 0 aliphatic rings. The molecular weight excluding hydrogens is 410 g/mol. The third kappa shape index (κ3) is 5.06. The number of anilines is 1. The summed E-state index contributed by atoms with van der Waals surface area (Å²) in [4.78, 5) is 24.7. The monoisotopic (exact) mass is 427 g/mol. The van der Waals surface area contributed by atoms with Crippen LogP contribution < -0.4 is 5.32 Å². The highest BCUT2D eigenvalue weighted by molar-refractivity contribution is 7.98. The largest absolute Gasteiger partial charge is 0.339 e. The first-order valence-corrected chi connectivity index (χ1v) is 10.7. The highest BCUT2D eigenvalue weighted by atomic mass is 32.2. The van der Waals surface area contributed by atoms with E-state index in [0.717, 1.165) is 17.0 Å². The standard InChI is InChI=1S/C18H17N7O2S2/c1-11-4-2-3-5-12(11)16-22-18(24-23-16)29-10-13-20-15(27-25-13)7-6-14(26)21-17-19-8-9-28-17/h2-5,8-9H,6-7,10H2,1H3,(H,19,21,26)(H,22,23,24). The van der Waals surface area contributed by atoms with E-state index in [4.69, 9.17) is 4.52 Å². The van der Waals surface area contributed by atoms with Gasteiger partial charge in [0.1, 0.15) is 0 Å². The van der Waals surface area contributed by atoms with Crippen molar-refractivity contribution in [3.63, 3.8) is 0 Å². The first-order chi connectivity index (χ1) is 14.2. The molecular formula is C18H17N7O2S2. The Labute approximate surface area is 174 Å². The van der Waals surface area contributed by atoms with Crippen LogP contribution in [0.5, 0.6) is 0 Å². The lowest BCUT2D eigenvalue weighted by molar-refractivity contribution is -0.116. The molecule has 148 valence electrons. The molecule has 0 spiro atoms. The Morgan fingerprint density at radius 1 is 1.31 bits per heavy atom. The van der Waals surface area contributed by atoms with Crippen LogP contribution in [0.3, 0.4) is 0 Å². The summed E-state index contributed by atoms with van der Waals surface area (Å²) in [5.41, 5.74) is 2.15. The van der Waals surface area contributed by atoms with E-state index < -0.39 is 0 Å². The molecule has 1 amide bonds. The average molecular weight is 428 g/mol. The Hall–Kier alpha value is -3.05. The molecule has 0 saturated carbocycles. The first kappa shape index (κ1) is 19.3. The minimum Gasteiger partial charge on any atom is -0.339 e. The second-order valence-corrected chi connectivity index (χ2v) is 7.90. The Balaban J connectivity index is 1.27. The number of aryl methyl sites for hydroxylation is 2. The van der Waals surface area contributed by atoms with Crippen molar-refractivity contribution in [1.82, 2.24) is 30.3 Å². The number of thioether (sulfide) groups is 1. The van der Waals surface area contributed by atoms with Gasteiger partial charge in [-0.25, -0.2) is 9.97 Å². The molecule has 4 aromatic rings. The van der Waals surface area contributed by atoms with Gasteiger partial charge < -0.3 is 9.84 Å². The van der Waals surface area contributed by atoms with Crippen molar-refractivity contribution in [2.75, 3.05) is 5.32 Å². The number of hydrogen-bond donors (Lipinski definition) is 2. The van der Waals surface area contributed by atoms with Gasteiger partial charge in [-0.15, -0.1) is 16.4 Å². The van der Waals surface area contributed by atoms with Crippen LogP contribution in [-0.4, -0.2) is 36.2 Å². The number of nitrogens with zero attached hydrogens (tertiary/aromatic N) is 5. The lowest BCUT2D eigenvalue weighted by Crippen LogP contribution is -2.12. The highest BCUT2D eigenvalue weighted by Gasteiger charge is 2.13. The summed E-state index contributed by atoms with van der Waals surface area (Å²) in [6, 6.07) is 7.99. The van der Waals surface area contributed by atoms with Gasteiger partial charge >= 0.3 is 0 Å². The number of rotatable bonds is 8. The number of nitrogens with one attached hydrogen (secondary N) is 2. The molecule has 3 heterocycles. The first-order valence-electron chi connectivity index (χ1n) is 8.79. The maximum atomic E-state index is 11.9. The quantitative estimate of drug-likeness (QED) is 0.410. The Kier molecular flexibility index (Phi) is 5.96. The van der Waals surface area contributed by atoms with Crippen molar-refractivity contribution in [2.24, 2.45) is 0 Å². The average Bonchev–Trinajstić information content (AvgIpc) is 3.47. The van der Waals surface area contributed by atoms with Gasteiger partial charge in [-0.05, 0) is 12.5 Å². The van der Waals surface area contributed by atoms with Gasteiger partial charge in [0.05, 0.1) is 5.75 Å². The number of thiazole rings is 1. The molecule has 2 N–H and O–H groups in total. The summed E-state index contributed by atoms with van der Waals surface area (Å²) in [5.74, 6) is 2.02. The molecule has 0 aliphatic carbocycles. The van der Waals surface area contributed by atoms with Gasteiger partial charge in [-0.2, -0.15) is 4.98 Å². The van der Waals surface area contributed by atoms with Crippen LogP contribution in [0.4, 0.5) is 5.13 Å². The second kappa shape index (κ2) is 8.97. The molecule has 0 unspecified atom stereocenters. The van der Waals surface area contributed by atoms with Gasteiger partial charge in [0.25, 0.3) is 0 Å². The molecule has 0 atom stereocenters. The zero-order valence-corrected chi connectivity index (χ0v) is 17.1. The Morgan fingerprint density at radius 2 is 2.21 bits per heavy atom. The van der Waals surface area contributed by atoms with E-state index in [1.165, 1.54) is 23.1 Å². The van der Waals surface area contributed by atoms with E-state index in [2.05, 4.69) is 35.6 Å². The molecule has 0 radical (unpaired) electrons. The van der Waals surface area contributed by atoms with Crippen molar-refractivity contribution in [3.8, 4) is 11.4 Å². The van der Waals surface area contributed by atoms with Crippen molar-refractivity contribution in [1.29, 1.82) is 0 Å². The maximum Gasteiger partial charge on any atom is 0.227 e. The van der Waals surface area contributed by atoms with Gasteiger partial charge in [0.15, 0.2) is 16.8 Å². The van der Waals surface area contributed by atoms with E-state index in [-0.39, 0.29) is 12.3 Å². The van der Waals surface area contributed by atoms with Gasteiger partial charge in [-0.1, -0.05) is 41.2 Å². The van der Waals surface area contributed by atoms with E-state index >= 15 is 0 Å². The topological polar surface area (TPSA) is 122 Å². The number of aromatic nitrogens is 6. The van der Waals surface area contributed by atoms with E-state index in [1.807, 2.05) is 31.2 Å². The lowest BCUT2D eigenvalue weighted by Gasteiger charge is -1.99. The van der Waals surface area contributed by atoms with Gasteiger partial charge in [-0.3, -0.25) is 9.89 Å². The Bertz CT molecular complexity index is 1090. The van der Waals surface area contributed by atoms with Gasteiger partial charge in [0.2, 0.25) is 17.0 Å². The van der Waals surface area contributed by atoms with E-state index in [1.54, 1.807) is 11.6 Å². The molecule has 3 aromatic heterocycles. The third-order valence-electron chi connectivity index (χ3n) is 3.95. The van der Waals surface area contributed by atoms with Crippen LogP contribution in [0.1, 0.15) is 23.7 Å². The summed E-state index contributed by atoms with van der Waals surface area (Å²) < 4.78 is 5.21. The lowest BCUT2D eigenvalue weighted by atomic mass is 10.1. The SMILES string of the molecule is Cc1ccccc1-c1nc(SCc2noc(CCC(=O)Nc3nccs3)n2)n[nH]1. The number of benzene rings is 1. The molecule has 29 heavy (non-hydrogen) atoms. The summed E-state index contributed by atoms with van der Waals surface area (Å²) in [6.45, 7) is 2.03. The minimum absolute atomic E-state index is 0.140. The van der Waals surface area contributed by atoms with Crippen molar-refractivity contribution < 1.29 is 9.32 Å². The molecule has 0 aliphatic heterocycles. The number of H-pyrrole nitrogens is 1. The second-order valence-electron chi connectivity index (χ2n) is 6.06. The van der Waals surface area contributed by atoms with Crippen LogP contribution >= 0.6 is 23.1 Å². The molecule has 1 aromatic carbocycles. The fourth-order valence-corrected chi connectivity index (χ4v) is 3.72. The van der Waals surface area contributed by atoms with Crippen molar-refractivity contribution in [2.45, 2.75) is 30.7 Å². The molecule has 0 bridgehead atoms. The van der Waals surface area contributed by atoms with Crippen LogP contribution in [0.2, 0.25) is 0 Å². The smallest absolute Gasteiger partial charge is 0.227 e. The van der Waals surface area contributed by atoms with Crippen molar-refractivity contribution >= 4 is 34.1 Å². The number of carbonyl (C=O) groups is 1. The van der Waals surface area contributed by atoms with Gasteiger partial charge in [0, 0.05) is 30.0 Å². The predicted octanol–water partition coefficient (Wildman–Crippen LogP) is 3.48. The fourth-order valence-electron chi connectivity index (χ4n) is 2.54. The number of carbonyl (C=O) groups excluding carboxylic acids is 1. The zero-order valence-electron chi connectivity index (χ0n) is 15.5. The van der Waals surface area contributed by atoms with Crippen LogP contribution in [-0.2, 0) is 17.0 Å².